The van der Waals surface area contributed by atoms with Crippen LogP contribution >= 0.6 is 11.8 Å². The zero-order chi connectivity index (χ0) is 13.6. The van der Waals surface area contributed by atoms with Crippen LogP contribution in [0.2, 0.25) is 0 Å². The minimum Gasteiger partial charge on any atom is -0.481 e. The fraction of sp³-hybridized carbons (Fsp3) is 0.800. The Hall–Kier alpha value is -1.15. The van der Waals surface area contributed by atoms with E-state index in [1.54, 1.807) is 11.8 Å². The summed E-state index contributed by atoms with van der Waals surface area (Å²) in [7, 11) is 1.67. The van der Waals surface area contributed by atoms with E-state index in [0.29, 0.717) is 18.3 Å². The smallest absolute Gasteiger partial charge is 0.313 e. The Labute approximate surface area is 110 Å². The molecule has 0 radical (unpaired) electrons. The van der Waals surface area contributed by atoms with Crippen LogP contribution in [0.25, 0.3) is 0 Å². The molecule has 0 bridgehead atoms. The van der Waals surface area contributed by atoms with Gasteiger partial charge in [-0.3, -0.25) is 4.79 Å². The number of aliphatic carboxylic acids is 1. The van der Waals surface area contributed by atoms with E-state index < -0.39 is 5.97 Å². The van der Waals surface area contributed by atoms with Crippen LogP contribution < -0.4 is 0 Å². The predicted octanol–water partition coefficient (Wildman–Crippen LogP) is 0.912. The van der Waals surface area contributed by atoms with E-state index in [4.69, 9.17) is 9.84 Å². The molecule has 0 unspecified atom stereocenters. The van der Waals surface area contributed by atoms with Crippen LogP contribution in [-0.2, 0) is 16.1 Å². The summed E-state index contributed by atoms with van der Waals surface area (Å²) in [5, 5.41) is 20.5. The lowest BCUT2D eigenvalue weighted by Crippen LogP contribution is -2.23. The number of aromatic nitrogens is 4. The SMILES string of the molecule is COCCC(C)(C)Cn1nnnc1SCC(=O)O. The molecular formula is C10H18N4O3S. The Balaban J connectivity index is 2.61. The van der Waals surface area contributed by atoms with Crippen LogP contribution in [0.1, 0.15) is 20.3 Å². The highest BCUT2D eigenvalue weighted by Gasteiger charge is 2.21. The maximum absolute atomic E-state index is 10.5. The second-order valence-electron chi connectivity index (χ2n) is 4.71. The molecule has 0 saturated heterocycles. The lowest BCUT2D eigenvalue weighted by molar-refractivity contribution is -0.133. The number of methoxy groups -OCH3 is 1. The predicted molar refractivity (Wildman–Crippen MR) is 66.5 cm³/mol. The maximum atomic E-state index is 10.5. The minimum absolute atomic E-state index is 0.01000. The molecule has 18 heavy (non-hydrogen) atoms. The van der Waals surface area contributed by atoms with E-state index in [-0.39, 0.29) is 11.2 Å². The van der Waals surface area contributed by atoms with Crippen molar-refractivity contribution in [3.05, 3.63) is 0 Å². The highest BCUT2D eigenvalue weighted by atomic mass is 32.2. The van der Waals surface area contributed by atoms with Crippen molar-refractivity contribution in [1.82, 2.24) is 20.2 Å². The van der Waals surface area contributed by atoms with E-state index in [1.165, 1.54) is 0 Å². The molecular weight excluding hydrogens is 256 g/mol. The number of ether oxygens (including phenoxy) is 1. The Kier molecular flexibility index (Phi) is 5.54. The number of tetrazole rings is 1. The average Bonchev–Trinajstić information content (AvgIpc) is 2.70. The molecule has 1 N–H and O–H groups in total. The third-order valence-corrected chi connectivity index (χ3v) is 3.33. The van der Waals surface area contributed by atoms with Gasteiger partial charge in [-0.2, -0.15) is 0 Å². The van der Waals surface area contributed by atoms with Gasteiger partial charge in [0.1, 0.15) is 0 Å². The third-order valence-electron chi connectivity index (χ3n) is 2.38. The summed E-state index contributed by atoms with van der Waals surface area (Å²) in [4.78, 5) is 10.5. The van der Waals surface area contributed by atoms with Gasteiger partial charge in [-0.1, -0.05) is 25.6 Å². The largest absolute Gasteiger partial charge is 0.481 e. The molecule has 0 spiro atoms. The number of hydrogen-bond acceptors (Lipinski definition) is 6. The fourth-order valence-electron chi connectivity index (χ4n) is 1.39. The molecule has 0 amide bonds. The first-order valence-corrected chi connectivity index (χ1v) is 6.53. The highest BCUT2D eigenvalue weighted by Crippen LogP contribution is 2.24. The van der Waals surface area contributed by atoms with E-state index in [9.17, 15) is 4.79 Å². The topological polar surface area (TPSA) is 90.1 Å². The van der Waals surface area contributed by atoms with Gasteiger partial charge in [-0.25, -0.2) is 4.68 Å². The molecule has 7 nitrogen and oxygen atoms in total. The first-order chi connectivity index (χ1) is 8.44. The van der Waals surface area contributed by atoms with Crippen LogP contribution in [0.3, 0.4) is 0 Å². The summed E-state index contributed by atoms with van der Waals surface area (Å²) < 4.78 is 6.70. The van der Waals surface area contributed by atoms with E-state index >= 15 is 0 Å². The number of rotatable bonds is 8. The van der Waals surface area contributed by atoms with Crippen molar-refractivity contribution in [2.45, 2.75) is 32.0 Å². The van der Waals surface area contributed by atoms with Crippen molar-refractivity contribution < 1.29 is 14.6 Å². The van der Waals surface area contributed by atoms with Gasteiger partial charge in [0.2, 0.25) is 5.16 Å². The van der Waals surface area contributed by atoms with Gasteiger partial charge in [-0.15, -0.1) is 5.10 Å². The normalized spacial score (nSPS) is 11.7. The summed E-state index contributed by atoms with van der Waals surface area (Å²) in [5.74, 6) is -0.924. The summed E-state index contributed by atoms with van der Waals surface area (Å²) in [6, 6.07) is 0. The molecule has 0 aromatic carbocycles. The molecule has 0 aliphatic heterocycles. The second-order valence-corrected chi connectivity index (χ2v) is 5.65. The van der Waals surface area contributed by atoms with Crippen LogP contribution in [0.4, 0.5) is 0 Å². The lowest BCUT2D eigenvalue weighted by Gasteiger charge is -2.23. The zero-order valence-electron chi connectivity index (χ0n) is 10.8. The Bertz CT molecular complexity index is 394. The molecule has 0 aliphatic carbocycles. The monoisotopic (exact) mass is 274 g/mol. The van der Waals surface area contributed by atoms with Crippen LogP contribution in [0.5, 0.6) is 0 Å². The summed E-state index contributed by atoms with van der Waals surface area (Å²) in [6.45, 7) is 5.50. The van der Waals surface area contributed by atoms with E-state index in [0.717, 1.165) is 18.2 Å². The quantitative estimate of drug-likeness (QED) is 0.705. The average molecular weight is 274 g/mol. The fourth-order valence-corrected chi connectivity index (χ4v) is 1.99. The van der Waals surface area contributed by atoms with Gasteiger partial charge in [0.25, 0.3) is 0 Å². The summed E-state index contributed by atoms with van der Waals surface area (Å²) in [6.07, 6.45) is 0.881. The van der Waals surface area contributed by atoms with Crippen molar-refractivity contribution in [1.29, 1.82) is 0 Å². The number of carbonyl (C=O) groups is 1. The van der Waals surface area contributed by atoms with E-state index in [1.807, 2.05) is 0 Å². The number of nitrogens with zero attached hydrogens (tertiary/aromatic N) is 4. The van der Waals surface area contributed by atoms with Crippen LogP contribution in [-0.4, -0.2) is 50.8 Å². The minimum atomic E-state index is -0.881. The Morgan fingerprint density at radius 2 is 2.28 bits per heavy atom. The van der Waals surface area contributed by atoms with Crippen LogP contribution in [0.15, 0.2) is 5.16 Å². The molecule has 0 aliphatic rings. The third kappa shape index (κ3) is 5.01. The maximum Gasteiger partial charge on any atom is 0.313 e. The summed E-state index contributed by atoms with van der Waals surface area (Å²) >= 11 is 1.12. The molecule has 1 aromatic heterocycles. The van der Waals surface area contributed by atoms with Gasteiger partial charge in [0, 0.05) is 13.7 Å². The zero-order valence-corrected chi connectivity index (χ0v) is 11.6. The second kappa shape index (κ2) is 6.69. The summed E-state index contributed by atoms with van der Waals surface area (Å²) in [5.41, 5.74) is -0.01000. The van der Waals surface area contributed by atoms with E-state index in [2.05, 4.69) is 29.4 Å². The van der Waals surface area contributed by atoms with Crippen molar-refractivity contribution in [3.8, 4) is 0 Å². The first-order valence-electron chi connectivity index (χ1n) is 5.54. The Morgan fingerprint density at radius 1 is 1.56 bits per heavy atom. The molecule has 1 rings (SSSR count). The van der Waals surface area contributed by atoms with Crippen molar-refractivity contribution in [2.75, 3.05) is 19.5 Å². The van der Waals surface area contributed by atoms with Gasteiger partial charge < -0.3 is 9.84 Å². The molecule has 0 saturated carbocycles. The van der Waals surface area contributed by atoms with Crippen molar-refractivity contribution in [3.63, 3.8) is 0 Å². The Morgan fingerprint density at radius 3 is 2.89 bits per heavy atom. The van der Waals surface area contributed by atoms with Gasteiger partial charge in [-0.05, 0) is 22.3 Å². The number of hydrogen-bond donors (Lipinski definition) is 1. The number of thioether (sulfide) groups is 1. The van der Waals surface area contributed by atoms with Crippen LogP contribution in [0, 0.1) is 5.41 Å². The van der Waals surface area contributed by atoms with Gasteiger partial charge in [0.05, 0.1) is 12.3 Å². The highest BCUT2D eigenvalue weighted by molar-refractivity contribution is 7.99. The van der Waals surface area contributed by atoms with Crippen molar-refractivity contribution in [2.24, 2.45) is 5.41 Å². The molecule has 8 heteroatoms. The lowest BCUT2D eigenvalue weighted by atomic mass is 9.90. The number of carboxylic acid groups (broad SMARTS) is 1. The van der Waals surface area contributed by atoms with Gasteiger partial charge >= 0.3 is 5.97 Å². The number of carboxylic acids is 1. The standard InChI is InChI=1S/C10H18N4O3S/c1-10(2,4-5-17-3)7-14-9(11-12-13-14)18-6-8(15)16/h4-7H2,1-3H3,(H,15,16). The first kappa shape index (κ1) is 14.9. The molecule has 0 atom stereocenters. The molecule has 1 aromatic rings. The van der Waals surface area contributed by atoms with Crippen molar-refractivity contribution >= 4 is 17.7 Å². The van der Waals surface area contributed by atoms with Gasteiger partial charge in [0.15, 0.2) is 0 Å². The molecule has 1 heterocycles. The molecule has 0 fully saturated rings. The molecule has 102 valence electrons.